The fraction of sp³-hybridized carbons (Fsp3) is 0.111. The number of benzene rings is 2. The van der Waals surface area contributed by atoms with E-state index in [0.29, 0.717) is 32.1 Å². The molecule has 0 saturated heterocycles. The van der Waals surface area contributed by atoms with Crippen molar-refractivity contribution < 1.29 is 4.79 Å². The van der Waals surface area contributed by atoms with Crippen LogP contribution in [0.2, 0.25) is 10.0 Å². The largest absolute Gasteiger partial charge is 0.351 e. The number of nitrogens with one attached hydrogen (secondary N) is 3. The van der Waals surface area contributed by atoms with Gasteiger partial charge in [0.05, 0.1) is 11.6 Å². The number of allylic oxidation sites excluding steroid dienone is 1. The van der Waals surface area contributed by atoms with Crippen LogP contribution in [0.3, 0.4) is 0 Å². The summed E-state index contributed by atoms with van der Waals surface area (Å²) >= 11 is 17.6. The van der Waals surface area contributed by atoms with Crippen molar-refractivity contribution in [2.24, 2.45) is 0 Å². The fourth-order valence-corrected chi connectivity index (χ4v) is 3.41. The zero-order chi connectivity index (χ0) is 18.0. The third-order valence-electron chi connectivity index (χ3n) is 3.81. The molecule has 1 aliphatic heterocycles. The van der Waals surface area contributed by atoms with Gasteiger partial charge in [0.15, 0.2) is 5.11 Å². The van der Waals surface area contributed by atoms with Gasteiger partial charge in [-0.2, -0.15) is 0 Å². The minimum atomic E-state index is -0.443. The van der Waals surface area contributed by atoms with Crippen molar-refractivity contribution in [2.45, 2.75) is 13.0 Å². The second kappa shape index (κ2) is 7.44. The molecule has 0 spiro atoms. The molecule has 0 fully saturated rings. The molecule has 0 radical (unpaired) electrons. The predicted molar refractivity (Wildman–Crippen MR) is 106 cm³/mol. The van der Waals surface area contributed by atoms with E-state index in [0.717, 1.165) is 5.56 Å². The molecule has 1 aliphatic rings. The summed E-state index contributed by atoms with van der Waals surface area (Å²) in [6.45, 7) is 1.81. The first-order valence-corrected chi connectivity index (χ1v) is 8.72. The van der Waals surface area contributed by atoms with Crippen molar-refractivity contribution in [3.8, 4) is 0 Å². The maximum absolute atomic E-state index is 12.9. The smallest absolute Gasteiger partial charge is 0.255 e. The Bertz CT molecular complexity index is 882. The van der Waals surface area contributed by atoms with Gasteiger partial charge in [-0.3, -0.25) is 4.79 Å². The third kappa shape index (κ3) is 3.95. The van der Waals surface area contributed by atoms with Crippen LogP contribution >= 0.6 is 35.4 Å². The molecule has 0 aromatic heterocycles. The van der Waals surface area contributed by atoms with Gasteiger partial charge in [-0.1, -0.05) is 47.5 Å². The Morgan fingerprint density at radius 2 is 1.92 bits per heavy atom. The molecule has 1 heterocycles. The number of carbonyl (C=O) groups excluding carboxylic acids is 1. The quantitative estimate of drug-likeness (QED) is 0.677. The van der Waals surface area contributed by atoms with E-state index in [1.54, 1.807) is 30.3 Å². The first-order valence-electron chi connectivity index (χ1n) is 7.55. The Balaban J connectivity index is 1.97. The Kier molecular flexibility index (Phi) is 5.27. The number of amides is 1. The molecule has 128 valence electrons. The van der Waals surface area contributed by atoms with E-state index in [4.69, 9.17) is 35.4 Å². The lowest BCUT2D eigenvalue weighted by Gasteiger charge is -2.30. The van der Waals surface area contributed by atoms with Crippen LogP contribution in [0.1, 0.15) is 18.5 Å². The molecule has 0 aliphatic carbocycles. The number of hydrogen-bond donors (Lipinski definition) is 3. The van der Waals surface area contributed by atoms with E-state index in [9.17, 15) is 4.79 Å². The van der Waals surface area contributed by atoms with E-state index in [-0.39, 0.29) is 5.91 Å². The average molecular weight is 392 g/mol. The Morgan fingerprint density at radius 1 is 1.16 bits per heavy atom. The standard InChI is InChI=1S/C18H15Cl2N3OS/c1-10-15(17(24)22-12-6-4-5-11(19)9-12)16(23-18(25)21-10)13-7-2-3-8-14(13)20/h2-9,16H,1H3,(H,22,24)(H2,21,23,25). The second-order valence-electron chi connectivity index (χ2n) is 5.56. The Morgan fingerprint density at radius 3 is 2.64 bits per heavy atom. The van der Waals surface area contributed by atoms with Gasteiger partial charge in [0.1, 0.15) is 0 Å². The monoisotopic (exact) mass is 391 g/mol. The van der Waals surface area contributed by atoms with Gasteiger partial charge in [0, 0.05) is 21.4 Å². The zero-order valence-corrected chi connectivity index (χ0v) is 15.6. The van der Waals surface area contributed by atoms with Gasteiger partial charge in [-0.15, -0.1) is 0 Å². The van der Waals surface area contributed by atoms with Crippen LogP contribution in [0.5, 0.6) is 0 Å². The normalized spacial score (nSPS) is 16.9. The summed E-state index contributed by atoms with van der Waals surface area (Å²) in [5, 5.41) is 10.5. The van der Waals surface area contributed by atoms with Gasteiger partial charge in [0.2, 0.25) is 0 Å². The maximum Gasteiger partial charge on any atom is 0.255 e. The van der Waals surface area contributed by atoms with Crippen LogP contribution in [0.15, 0.2) is 59.8 Å². The summed E-state index contributed by atoms with van der Waals surface area (Å²) in [6, 6.07) is 13.9. The molecule has 1 unspecified atom stereocenters. The first kappa shape index (κ1) is 17.7. The first-order chi connectivity index (χ1) is 12.0. The Hall–Kier alpha value is -2.08. The summed E-state index contributed by atoms with van der Waals surface area (Å²) < 4.78 is 0. The van der Waals surface area contributed by atoms with Crippen molar-refractivity contribution in [3.05, 3.63) is 75.4 Å². The van der Waals surface area contributed by atoms with Crippen LogP contribution in [0.25, 0.3) is 0 Å². The molecule has 1 amide bonds. The highest BCUT2D eigenvalue weighted by atomic mass is 35.5. The Labute approximate surface area is 161 Å². The molecule has 3 N–H and O–H groups in total. The van der Waals surface area contributed by atoms with E-state index in [2.05, 4.69) is 16.0 Å². The molecule has 25 heavy (non-hydrogen) atoms. The van der Waals surface area contributed by atoms with Gasteiger partial charge < -0.3 is 16.0 Å². The molecule has 0 bridgehead atoms. The summed E-state index contributed by atoms with van der Waals surface area (Å²) in [5.74, 6) is -0.257. The average Bonchev–Trinajstić information content (AvgIpc) is 2.54. The molecule has 0 saturated carbocycles. The number of hydrogen-bond acceptors (Lipinski definition) is 2. The number of halogens is 2. The van der Waals surface area contributed by atoms with Crippen LogP contribution in [0, 0.1) is 0 Å². The van der Waals surface area contributed by atoms with Crippen molar-refractivity contribution in [3.63, 3.8) is 0 Å². The predicted octanol–water partition coefficient (Wildman–Crippen LogP) is 4.42. The van der Waals surface area contributed by atoms with E-state index >= 15 is 0 Å². The maximum atomic E-state index is 12.9. The molecule has 4 nitrogen and oxygen atoms in total. The van der Waals surface area contributed by atoms with Gasteiger partial charge in [0.25, 0.3) is 5.91 Å². The fourth-order valence-electron chi connectivity index (χ4n) is 2.70. The minimum Gasteiger partial charge on any atom is -0.351 e. The van der Waals surface area contributed by atoms with Crippen LogP contribution < -0.4 is 16.0 Å². The van der Waals surface area contributed by atoms with Crippen molar-refractivity contribution in [1.29, 1.82) is 0 Å². The van der Waals surface area contributed by atoms with Crippen LogP contribution in [0.4, 0.5) is 5.69 Å². The molecule has 3 rings (SSSR count). The third-order valence-corrected chi connectivity index (χ3v) is 4.61. The molecule has 7 heteroatoms. The van der Waals surface area contributed by atoms with E-state index < -0.39 is 6.04 Å². The summed E-state index contributed by atoms with van der Waals surface area (Å²) in [7, 11) is 0. The lowest BCUT2D eigenvalue weighted by Crippen LogP contribution is -2.45. The zero-order valence-electron chi connectivity index (χ0n) is 13.3. The summed E-state index contributed by atoms with van der Waals surface area (Å²) in [5.41, 5.74) is 2.59. The topological polar surface area (TPSA) is 53.2 Å². The van der Waals surface area contributed by atoms with E-state index in [1.807, 2.05) is 25.1 Å². The van der Waals surface area contributed by atoms with Gasteiger partial charge in [-0.25, -0.2) is 0 Å². The number of anilines is 1. The lowest BCUT2D eigenvalue weighted by molar-refractivity contribution is -0.113. The highest BCUT2D eigenvalue weighted by Gasteiger charge is 2.31. The van der Waals surface area contributed by atoms with Gasteiger partial charge in [-0.05, 0) is 49.0 Å². The molecule has 2 aromatic carbocycles. The summed E-state index contributed by atoms with van der Waals surface area (Å²) in [4.78, 5) is 12.9. The molecule has 1 atom stereocenters. The minimum absolute atomic E-state index is 0.257. The van der Waals surface area contributed by atoms with E-state index in [1.165, 1.54) is 0 Å². The number of carbonyl (C=O) groups is 1. The van der Waals surface area contributed by atoms with Crippen LogP contribution in [-0.2, 0) is 4.79 Å². The molecule has 2 aromatic rings. The van der Waals surface area contributed by atoms with Crippen molar-refractivity contribution in [1.82, 2.24) is 10.6 Å². The highest BCUT2D eigenvalue weighted by Crippen LogP contribution is 2.32. The SMILES string of the molecule is CC1=C(C(=O)Nc2cccc(Cl)c2)C(c2ccccc2Cl)NC(=S)N1. The summed E-state index contributed by atoms with van der Waals surface area (Å²) in [6.07, 6.45) is 0. The second-order valence-corrected chi connectivity index (χ2v) is 6.81. The number of rotatable bonds is 3. The van der Waals surface area contributed by atoms with Crippen molar-refractivity contribution >= 4 is 52.1 Å². The molecular weight excluding hydrogens is 377 g/mol. The lowest BCUT2D eigenvalue weighted by atomic mass is 9.95. The molecular formula is C18H15Cl2N3OS. The number of thiocarbonyl (C=S) groups is 1. The van der Waals surface area contributed by atoms with Gasteiger partial charge >= 0.3 is 0 Å². The highest BCUT2D eigenvalue weighted by molar-refractivity contribution is 7.80. The van der Waals surface area contributed by atoms with Crippen molar-refractivity contribution in [2.75, 3.05) is 5.32 Å². The van der Waals surface area contributed by atoms with Crippen LogP contribution in [-0.4, -0.2) is 11.0 Å².